The number of unbranched alkanes of at least 4 members (excludes halogenated alkanes) is 2. The maximum Gasteiger partial charge on any atom is -0.00401 e. The molecule has 0 saturated carbocycles. The van der Waals surface area contributed by atoms with Crippen LogP contribution in [0.2, 0.25) is 0 Å². The van der Waals surface area contributed by atoms with Gasteiger partial charge in [-0.2, -0.15) is 0 Å². The van der Waals surface area contributed by atoms with Crippen LogP contribution in [0.15, 0.2) is 47.6 Å². The zero-order chi connectivity index (χ0) is 18.8. The van der Waals surface area contributed by atoms with Gasteiger partial charge in [0.1, 0.15) is 0 Å². The number of hydrogen-bond donors (Lipinski definition) is 0. The molecule has 0 bridgehead atoms. The van der Waals surface area contributed by atoms with Crippen LogP contribution in [0.1, 0.15) is 91.5 Å². The molecule has 1 aromatic rings. The summed E-state index contributed by atoms with van der Waals surface area (Å²) in [5, 5.41) is 0. The Bertz CT molecular complexity index is 641. The van der Waals surface area contributed by atoms with Crippen molar-refractivity contribution in [1.29, 1.82) is 0 Å². The van der Waals surface area contributed by atoms with Crippen molar-refractivity contribution in [2.75, 3.05) is 0 Å². The molecule has 1 aromatic carbocycles. The molecule has 0 heterocycles. The van der Waals surface area contributed by atoms with Gasteiger partial charge in [-0.15, -0.1) is 0 Å². The molecular weight excluding hydrogens is 312 g/mol. The van der Waals surface area contributed by atoms with Crippen LogP contribution in [0, 0.1) is 16.2 Å². The summed E-state index contributed by atoms with van der Waals surface area (Å²) in [6.07, 6.45) is 15.6. The van der Waals surface area contributed by atoms with Gasteiger partial charge in [0, 0.05) is 0 Å². The van der Waals surface area contributed by atoms with E-state index in [0.29, 0.717) is 16.2 Å². The molecule has 142 valence electrons. The summed E-state index contributed by atoms with van der Waals surface area (Å²) < 4.78 is 0. The Morgan fingerprint density at radius 1 is 0.846 bits per heavy atom. The monoisotopic (exact) mass is 350 g/mol. The molecule has 0 radical (unpaired) electrons. The van der Waals surface area contributed by atoms with Crippen molar-refractivity contribution in [3.8, 4) is 0 Å². The number of rotatable bonds is 6. The van der Waals surface area contributed by atoms with Gasteiger partial charge in [0.25, 0.3) is 0 Å². The van der Waals surface area contributed by atoms with Crippen LogP contribution < -0.4 is 0 Å². The fourth-order valence-electron chi connectivity index (χ4n) is 5.14. The zero-order valence-electron chi connectivity index (χ0n) is 17.7. The van der Waals surface area contributed by atoms with Crippen LogP contribution in [0.4, 0.5) is 0 Å². The topological polar surface area (TPSA) is 0 Å². The van der Waals surface area contributed by atoms with E-state index in [9.17, 15) is 0 Å². The minimum absolute atomic E-state index is 0.342. The summed E-state index contributed by atoms with van der Waals surface area (Å²) in [5.74, 6) is 0. The van der Waals surface area contributed by atoms with Gasteiger partial charge in [0.15, 0.2) is 0 Å². The quantitative estimate of drug-likeness (QED) is 0.358. The number of benzene rings is 1. The Labute approximate surface area is 161 Å². The molecule has 0 unspecified atom stereocenters. The Balaban J connectivity index is 1.90. The smallest absolute Gasteiger partial charge is 0.00401 e. The molecule has 0 heteroatoms. The highest BCUT2D eigenvalue weighted by Crippen LogP contribution is 2.61. The van der Waals surface area contributed by atoms with Crippen molar-refractivity contribution in [3.05, 3.63) is 53.1 Å². The molecule has 0 aliphatic heterocycles. The van der Waals surface area contributed by atoms with Crippen LogP contribution >= 0.6 is 0 Å². The Kier molecular flexibility index (Phi) is 5.52. The van der Waals surface area contributed by atoms with Crippen LogP contribution in [0.5, 0.6) is 0 Å². The van der Waals surface area contributed by atoms with E-state index in [2.05, 4.69) is 77.1 Å². The highest BCUT2D eigenvalue weighted by atomic mass is 14.5. The van der Waals surface area contributed by atoms with E-state index in [-0.39, 0.29) is 0 Å². The van der Waals surface area contributed by atoms with Crippen molar-refractivity contribution >= 4 is 6.08 Å². The van der Waals surface area contributed by atoms with Crippen LogP contribution in [-0.4, -0.2) is 0 Å². The Morgan fingerprint density at radius 3 is 1.96 bits per heavy atom. The van der Waals surface area contributed by atoms with Crippen molar-refractivity contribution in [1.82, 2.24) is 0 Å². The molecule has 2 aliphatic rings. The van der Waals surface area contributed by atoms with Crippen LogP contribution in [0.3, 0.4) is 0 Å². The van der Waals surface area contributed by atoms with E-state index in [0.717, 1.165) is 0 Å². The summed E-state index contributed by atoms with van der Waals surface area (Å²) in [6.45, 7) is 12.3. The Hall–Kier alpha value is -1.30. The number of allylic oxidation sites excluding steroid dienone is 3. The molecule has 2 aliphatic carbocycles. The lowest BCUT2D eigenvalue weighted by Crippen LogP contribution is -2.28. The lowest BCUT2D eigenvalue weighted by atomic mass is 9.64. The van der Waals surface area contributed by atoms with Crippen molar-refractivity contribution < 1.29 is 0 Å². The lowest BCUT2D eigenvalue weighted by molar-refractivity contribution is 0.262. The predicted molar refractivity (Wildman–Crippen MR) is 115 cm³/mol. The molecule has 0 aromatic heterocycles. The minimum atomic E-state index is 0.342. The third-order valence-corrected chi connectivity index (χ3v) is 7.14. The van der Waals surface area contributed by atoms with Gasteiger partial charge in [0.2, 0.25) is 0 Å². The summed E-state index contributed by atoms with van der Waals surface area (Å²) in [5.41, 5.74) is 6.04. The highest BCUT2D eigenvalue weighted by Gasteiger charge is 2.48. The summed E-state index contributed by atoms with van der Waals surface area (Å²) >= 11 is 0. The largest absolute Gasteiger partial charge is 0.0771 e. The molecule has 0 spiro atoms. The van der Waals surface area contributed by atoms with Gasteiger partial charge in [-0.05, 0) is 53.9 Å². The minimum Gasteiger partial charge on any atom is -0.0771 e. The fraction of sp³-hybridized carbons (Fsp3) is 0.615. The maximum absolute atomic E-state index is 2.59. The SMILES string of the molecule is CCCCCC1(C=Cc2ccccc2)CC2=C(C1)C(C)(C)CCC2(C)C. The Morgan fingerprint density at radius 2 is 1.42 bits per heavy atom. The molecule has 0 saturated heterocycles. The fourth-order valence-corrected chi connectivity index (χ4v) is 5.14. The first-order valence-electron chi connectivity index (χ1n) is 10.8. The third kappa shape index (κ3) is 4.00. The zero-order valence-corrected chi connectivity index (χ0v) is 17.7. The molecule has 0 nitrogen and oxygen atoms in total. The van der Waals surface area contributed by atoms with E-state index in [1.165, 1.54) is 56.9 Å². The number of hydrogen-bond acceptors (Lipinski definition) is 0. The first kappa shape index (κ1) is 19.5. The van der Waals surface area contributed by atoms with Crippen molar-refractivity contribution in [2.45, 2.75) is 86.0 Å². The van der Waals surface area contributed by atoms with Gasteiger partial charge >= 0.3 is 0 Å². The van der Waals surface area contributed by atoms with E-state index < -0.39 is 0 Å². The van der Waals surface area contributed by atoms with E-state index in [4.69, 9.17) is 0 Å². The summed E-state index contributed by atoms with van der Waals surface area (Å²) in [7, 11) is 0. The van der Waals surface area contributed by atoms with Crippen LogP contribution in [-0.2, 0) is 0 Å². The first-order chi connectivity index (χ1) is 12.3. The maximum atomic E-state index is 2.59. The molecule has 0 N–H and O–H groups in total. The predicted octanol–water partition coefficient (Wildman–Crippen LogP) is 8.20. The van der Waals surface area contributed by atoms with E-state index in [1.807, 2.05) is 0 Å². The normalized spacial score (nSPS) is 23.4. The molecule has 0 atom stereocenters. The van der Waals surface area contributed by atoms with Gasteiger partial charge in [-0.1, -0.05) is 108 Å². The second kappa shape index (κ2) is 7.37. The molecule has 0 amide bonds. The van der Waals surface area contributed by atoms with Crippen molar-refractivity contribution in [2.24, 2.45) is 16.2 Å². The first-order valence-corrected chi connectivity index (χ1v) is 10.8. The van der Waals surface area contributed by atoms with Gasteiger partial charge in [-0.25, -0.2) is 0 Å². The van der Waals surface area contributed by atoms with Gasteiger partial charge in [0.05, 0.1) is 0 Å². The van der Waals surface area contributed by atoms with Crippen LogP contribution in [0.25, 0.3) is 6.08 Å². The molecule has 26 heavy (non-hydrogen) atoms. The third-order valence-electron chi connectivity index (χ3n) is 7.14. The lowest BCUT2D eigenvalue weighted by Gasteiger charge is -2.41. The highest BCUT2D eigenvalue weighted by molar-refractivity contribution is 5.51. The van der Waals surface area contributed by atoms with E-state index >= 15 is 0 Å². The van der Waals surface area contributed by atoms with E-state index in [1.54, 1.807) is 11.1 Å². The van der Waals surface area contributed by atoms with Gasteiger partial charge < -0.3 is 0 Å². The standard InChI is InChI=1S/C26H38/c1-6-7-11-15-26(16-14-21-12-9-8-10-13-21)19-22-23(20-26)25(4,5)18-17-24(22,2)3/h8-10,12-14,16H,6-7,11,15,17-20H2,1-5H3. The van der Waals surface area contributed by atoms with Crippen molar-refractivity contribution in [3.63, 3.8) is 0 Å². The summed E-state index contributed by atoms with van der Waals surface area (Å²) in [4.78, 5) is 0. The second-order valence-corrected chi connectivity index (χ2v) is 10.1. The second-order valence-electron chi connectivity index (χ2n) is 10.1. The average molecular weight is 351 g/mol. The molecular formula is C26H38. The van der Waals surface area contributed by atoms with Gasteiger partial charge in [-0.3, -0.25) is 0 Å². The molecule has 0 fully saturated rings. The summed E-state index contributed by atoms with van der Waals surface area (Å²) in [6, 6.07) is 10.9. The molecule has 3 rings (SSSR count). The average Bonchev–Trinajstić information content (AvgIpc) is 3.02.